The second-order valence-electron chi connectivity index (χ2n) is 23.1. The van der Waals surface area contributed by atoms with E-state index in [-0.39, 0.29) is 110 Å². The number of aryl methyl sites for hydroxylation is 1. The van der Waals surface area contributed by atoms with Crippen LogP contribution in [0.3, 0.4) is 0 Å². The first-order chi connectivity index (χ1) is 43.1. The molecule has 0 fully saturated rings. The van der Waals surface area contributed by atoms with Crippen LogP contribution in [0.25, 0.3) is 0 Å². The molecule has 1 unspecified atom stereocenters. The third kappa shape index (κ3) is 13.9. The predicted octanol–water partition coefficient (Wildman–Crippen LogP) is 18.1. The van der Waals surface area contributed by atoms with E-state index >= 15 is 0 Å². The average molecular weight is 1500 g/mol. The summed E-state index contributed by atoms with van der Waals surface area (Å²) in [6, 6.07) is 18.9. The number of thiophene rings is 1. The van der Waals surface area contributed by atoms with E-state index < -0.39 is 71.7 Å². The van der Waals surface area contributed by atoms with Crippen LogP contribution < -0.4 is 21.6 Å². The number of hydrogen-bond donors (Lipinski definition) is 2. The number of benzene rings is 5. The fourth-order valence-electron chi connectivity index (χ4n) is 11.2. The van der Waals surface area contributed by atoms with Gasteiger partial charge in [-0.2, -0.15) is 39.5 Å². The molecule has 0 aliphatic carbocycles. The van der Waals surface area contributed by atoms with Crippen LogP contribution in [0.1, 0.15) is 113 Å². The van der Waals surface area contributed by atoms with E-state index in [1.54, 1.807) is 32.0 Å². The molecule has 494 valence electrons. The summed E-state index contributed by atoms with van der Waals surface area (Å²) in [6.07, 6.45) is -16.1. The second-order valence-corrected chi connectivity index (χ2v) is 27.7. The van der Waals surface area contributed by atoms with Gasteiger partial charge in [0.2, 0.25) is 5.91 Å². The molecule has 33 heteroatoms. The highest BCUT2D eigenvalue weighted by Crippen LogP contribution is 2.54. The van der Waals surface area contributed by atoms with E-state index in [1.165, 1.54) is 0 Å². The maximum atomic E-state index is 14.2. The standard InChI is InChI=1S/2C20H16BCl3F3NO2.C20H17Cl3F3N3O3S/c2*1-18(2)12-6-10(4-5-13(12)21(3)29-18)16-9-19(30-28-16,20(25,26)27)11-7-14(22)17(24)15(23)8-11;1-3-27-15(30)8-28-18(31)17-9(2)4-14(33-17)13-7-19(32-29-13,20(24,25)26)10-5-11(21)16(23)12(22)6-10/h2*4-8H,9H2,1-3H3;4-6H,3,7-8H2,1-2H3,(H,27,30)(H,28,31)/t19-;;19-/m0.0/s1. The van der Waals surface area contributed by atoms with Crippen molar-refractivity contribution in [3.05, 3.63) is 178 Å². The predicted molar refractivity (Wildman–Crippen MR) is 348 cm³/mol. The molecule has 5 aliphatic heterocycles. The Morgan fingerprint density at radius 2 is 0.860 bits per heavy atom. The van der Waals surface area contributed by atoms with Crippen molar-refractivity contribution in [2.45, 2.75) is 121 Å². The summed E-state index contributed by atoms with van der Waals surface area (Å²) in [5.74, 6) is -0.878. The van der Waals surface area contributed by atoms with Crippen LogP contribution in [0.15, 0.2) is 94.3 Å². The van der Waals surface area contributed by atoms with Crippen LogP contribution in [0.5, 0.6) is 0 Å². The molecule has 0 bridgehead atoms. The molecule has 0 saturated heterocycles. The number of nitrogens with zero attached hydrogens (tertiary/aromatic N) is 3. The van der Waals surface area contributed by atoms with Crippen molar-refractivity contribution in [1.82, 2.24) is 10.6 Å². The molecular formula is C60H49B2Cl9F9N5O7S. The molecule has 93 heavy (non-hydrogen) atoms. The number of hydrogen-bond acceptors (Lipinski definition) is 11. The molecule has 5 aromatic carbocycles. The number of carbonyl (C=O) groups is 2. The first kappa shape index (κ1) is 72.4. The van der Waals surface area contributed by atoms with Crippen molar-refractivity contribution < 1.29 is 72.9 Å². The zero-order valence-corrected chi connectivity index (χ0v) is 57.2. The van der Waals surface area contributed by atoms with Gasteiger partial charge in [0, 0.05) is 36.1 Å². The molecule has 12 nitrogen and oxygen atoms in total. The van der Waals surface area contributed by atoms with Crippen LogP contribution in [0.2, 0.25) is 58.8 Å². The van der Waals surface area contributed by atoms with Gasteiger partial charge in [0.25, 0.3) is 22.7 Å². The van der Waals surface area contributed by atoms with Crippen molar-refractivity contribution >= 4 is 169 Å². The van der Waals surface area contributed by atoms with E-state index in [0.29, 0.717) is 28.1 Å². The van der Waals surface area contributed by atoms with E-state index in [0.717, 1.165) is 69.8 Å². The fraction of sp³-hybridized carbons (Fsp3) is 0.350. The topological polar surface area (TPSA) is 141 Å². The minimum atomic E-state index is -4.86. The van der Waals surface area contributed by atoms with Gasteiger partial charge < -0.3 is 34.5 Å². The number of amides is 2. The van der Waals surface area contributed by atoms with Crippen LogP contribution in [-0.2, 0) is 56.6 Å². The van der Waals surface area contributed by atoms with Gasteiger partial charge in [-0.1, -0.05) is 158 Å². The number of fused-ring (bicyclic) bond motifs is 2. The zero-order valence-electron chi connectivity index (χ0n) is 49.6. The molecule has 0 radical (unpaired) electrons. The molecule has 3 atom stereocenters. The Bertz CT molecular complexity index is 3860. The summed E-state index contributed by atoms with van der Waals surface area (Å²) in [4.78, 5) is 39.7. The first-order valence-electron chi connectivity index (χ1n) is 27.8. The second kappa shape index (κ2) is 26.5. The molecule has 0 saturated carbocycles. The summed E-state index contributed by atoms with van der Waals surface area (Å²) >= 11 is 54.5. The molecule has 11 rings (SSSR count). The van der Waals surface area contributed by atoms with Crippen LogP contribution in [0, 0.1) is 6.92 Å². The van der Waals surface area contributed by atoms with Gasteiger partial charge >= 0.3 is 32.4 Å². The highest BCUT2D eigenvalue weighted by Gasteiger charge is 2.65. The normalized spacial score (nSPS) is 21.0. The molecule has 0 spiro atoms. The van der Waals surface area contributed by atoms with E-state index in [9.17, 15) is 49.1 Å². The summed E-state index contributed by atoms with van der Waals surface area (Å²) in [7, 11) is 0. The largest absolute Gasteiger partial charge is 0.435 e. The highest BCUT2D eigenvalue weighted by atomic mass is 35.5. The van der Waals surface area contributed by atoms with E-state index in [2.05, 4.69) is 26.1 Å². The zero-order chi connectivity index (χ0) is 68.7. The van der Waals surface area contributed by atoms with Crippen molar-refractivity contribution in [1.29, 1.82) is 0 Å². The molecule has 2 N–H and O–H groups in total. The minimum Gasteiger partial charge on any atom is -0.422 e. The van der Waals surface area contributed by atoms with Crippen molar-refractivity contribution in [3.63, 3.8) is 0 Å². The Balaban J connectivity index is 0.000000165. The number of halogens is 18. The lowest BCUT2D eigenvalue weighted by molar-refractivity contribution is -0.276. The van der Waals surface area contributed by atoms with E-state index in [1.807, 2.05) is 65.6 Å². The van der Waals surface area contributed by atoms with Gasteiger partial charge in [-0.3, -0.25) is 9.59 Å². The third-order valence-corrected chi connectivity index (χ3v) is 20.9. The molecule has 5 aliphatic rings. The van der Waals surface area contributed by atoms with Crippen molar-refractivity contribution in [2.24, 2.45) is 15.5 Å². The highest BCUT2D eigenvalue weighted by molar-refractivity contribution is 7.16. The molecule has 1 aromatic heterocycles. The molecule has 6 aromatic rings. The number of alkyl halides is 9. The van der Waals surface area contributed by atoms with Crippen LogP contribution in [-0.4, -0.2) is 74.4 Å². The monoisotopic (exact) mass is 1490 g/mol. The number of carbonyl (C=O) groups excluding carboxylic acids is 2. The van der Waals surface area contributed by atoms with Crippen LogP contribution in [0.4, 0.5) is 39.5 Å². The number of oxime groups is 3. The van der Waals surface area contributed by atoms with Gasteiger partial charge in [-0.25, -0.2) is 0 Å². The van der Waals surface area contributed by atoms with Crippen molar-refractivity contribution in [3.8, 4) is 0 Å². The lowest BCUT2D eigenvalue weighted by atomic mass is 9.64. The summed E-state index contributed by atoms with van der Waals surface area (Å²) in [5.41, 5.74) is -4.42. The smallest absolute Gasteiger partial charge is 0.422 e. The Morgan fingerprint density at radius 1 is 0.527 bits per heavy atom. The fourth-order valence-corrected chi connectivity index (χ4v) is 14.1. The number of likely N-dealkylation sites (N-methyl/N-ethyl adjacent to an activating group) is 1. The maximum Gasteiger partial charge on any atom is 0.435 e. The van der Waals surface area contributed by atoms with Gasteiger partial charge in [0.15, 0.2) is 0 Å². The third-order valence-electron chi connectivity index (χ3n) is 16.0. The number of rotatable bonds is 10. The quantitative estimate of drug-likeness (QED) is 0.0790. The maximum absolute atomic E-state index is 14.2. The van der Waals surface area contributed by atoms with Crippen LogP contribution >= 0.6 is 116 Å². The summed E-state index contributed by atoms with van der Waals surface area (Å²) in [6.45, 7) is 14.9. The SMILES string of the molecule is CB1OC(C)(C)c2cc(C3=NOC(c4cc(Cl)c(Cl)c(Cl)c4)(C(F)(F)F)C3)ccc21.CB1OC(C)(C)c2cc(C3=NO[C@@](c4cc(Cl)c(Cl)c(Cl)c4)(C(F)(F)F)C3)ccc21.CCNC(=O)CNC(=O)c1sc(C2=NO[C@@](c3cc(Cl)c(Cl)c(Cl)c3)(C(F)(F)F)C2)cc1C. The molecular weight excluding hydrogens is 1450 g/mol. The number of nitrogens with one attached hydrogen (secondary N) is 2. The summed E-state index contributed by atoms with van der Waals surface area (Å²) in [5, 5.41) is 15.5. The Morgan fingerprint density at radius 3 is 1.19 bits per heavy atom. The van der Waals surface area contributed by atoms with Gasteiger partial charge in [0.1, 0.15) is 5.71 Å². The summed E-state index contributed by atoms with van der Waals surface area (Å²) < 4.78 is 140. The molecule has 6 heterocycles. The lowest BCUT2D eigenvalue weighted by Crippen LogP contribution is -2.42. The Hall–Kier alpha value is -4.82. The van der Waals surface area contributed by atoms with Crippen molar-refractivity contribution in [2.75, 3.05) is 13.1 Å². The van der Waals surface area contributed by atoms with E-state index in [4.69, 9.17) is 128 Å². The lowest BCUT2D eigenvalue weighted by Gasteiger charge is -2.30. The Labute approximate surface area is 576 Å². The van der Waals surface area contributed by atoms with Gasteiger partial charge in [-0.05, 0) is 135 Å². The van der Waals surface area contributed by atoms with Gasteiger partial charge in [0.05, 0.1) is 90.5 Å². The Kier molecular flexibility index (Phi) is 20.7. The average Bonchev–Trinajstić information content (AvgIpc) is 1.67. The first-order valence-corrected chi connectivity index (χ1v) is 32.0. The van der Waals surface area contributed by atoms with Gasteiger partial charge in [-0.15, -0.1) is 11.3 Å². The minimum absolute atomic E-state index is 0.00500. The molecule has 2 amide bonds.